The Labute approximate surface area is 116 Å². The molecule has 0 amide bonds. The van der Waals surface area contributed by atoms with Crippen LogP contribution in [0.1, 0.15) is 5.69 Å². The highest BCUT2D eigenvalue weighted by Gasteiger charge is 2.21. The monoisotopic (exact) mass is 351 g/mol. The van der Waals surface area contributed by atoms with Crippen LogP contribution in [0.25, 0.3) is 0 Å². The van der Waals surface area contributed by atoms with E-state index in [4.69, 9.17) is 0 Å². The molecule has 0 aliphatic rings. The second-order valence-corrected chi connectivity index (χ2v) is 6.22. The molecule has 0 spiro atoms. The van der Waals surface area contributed by atoms with Crippen molar-refractivity contribution in [3.63, 3.8) is 0 Å². The van der Waals surface area contributed by atoms with Crippen LogP contribution >= 0.6 is 15.9 Å². The predicted molar refractivity (Wildman–Crippen MR) is 68.2 cm³/mol. The molecule has 0 saturated carbocycles. The van der Waals surface area contributed by atoms with Gasteiger partial charge in [0, 0.05) is 6.07 Å². The molecule has 19 heavy (non-hydrogen) atoms. The minimum Gasteiger partial charge on any atom is -0.281 e. The van der Waals surface area contributed by atoms with Crippen LogP contribution in [0, 0.1) is 18.6 Å². The van der Waals surface area contributed by atoms with E-state index in [0.717, 1.165) is 18.3 Å². The lowest BCUT2D eigenvalue weighted by Gasteiger charge is -2.09. The number of halogens is 3. The summed E-state index contributed by atoms with van der Waals surface area (Å²) in [4.78, 5) is -0.129. The van der Waals surface area contributed by atoms with Gasteiger partial charge in [-0.3, -0.25) is 9.82 Å². The molecule has 1 aromatic heterocycles. The average molecular weight is 352 g/mol. The van der Waals surface area contributed by atoms with E-state index in [1.54, 1.807) is 0 Å². The maximum Gasteiger partial charge on any atom is 0.265 e. The zero-order valence-electron chi connectivity index (χ0n) is 9.54. The first-order valence-electron chi connectivity index (χ1n) is 4.98. The number of anilines is 1. The molecule has 0 bridgehead atoms. The first kappa shape index (κ1) is 13.9. The number of hydrogen-bond acceptors (Lipinski definition) is 3. The van der Waals surface area contributed by atoms with Crippen LogP contribution in [0.2, 0.25) is 0 Å². The van der Waals surface area contributed by atoms with Crippen LogP contribution in [0.15, 0.2) is 27.7 Å². The van der Waals surface area contributed by atoms with Crippen molar-refractivity contribution in [3.05, 3.63) is 40.1 Å². The Morgan fingerprint density at radius 3 is 2.58 bits per heavy atom. The molecule has 9 heteroatoms. The molecule has 1 aromatic carbocycles. The zero-order valence-corrected chi connectivity index (χ0v) is 11.9. The highest BCUT2D eigenvalue weighted by atomic mass is 79.9. The van der Waals surface area contributed by atoms with Gasteiger partial charge >= 0.3 is 0 Å². The highest BCUT2D eigenvalue weighted by molar-refractivity contribution is 9.10. The fourth-order valence-corrected chi connectivity index (χ4v) is 2.92. The van der Waals surface area contributed by atoms with Gasteiger partial charge in [0.05, 0.1) is 22.1 Å². The van der Waals surface area contributed by atoms with E-state index in [2.05, 4.69) is 26.1 Å². The second kappa shape index (κ2) is 4.89. The number of nitrogens with zero attached hydrogens (tertiary/aromatic N) is 1. The lowest BCUT2D eigenvalue weighted by molar-refractivity contribution is 0.591. The van der Waals surface area contributed by atoms with Crippen molar-refractivity contribution in [1.29, 1.82) is 0 Å². The Morgan fingerprint density at radius 2 is 2.00 bits per heavy atom. The molecule has 0 atom stereocenters. The molecule has 0 unspecified atom stereocenters. The molecule has 102 valence electrons. The lowest BCUT2D eigenvalue weighted by atomic mass is 10.3. The Kier molecular flexibility index (Phi) is 3.59. The maximum atomic E-state index is 13.6. The van der Waals surface area contributed by atoms with Gasteiger partial charge in [-0.25, -0.2) is 17.2 Å². The molecule has 5 nitrogen and oxygen atoms in total. The van der Waals surface area contributed by atoms with Gasteiger partial charge in [0.25, 0.3) is 10.0 Å². The predicted octanol–water partition coefficient (Wildman–Crippen LogP) is 2.56. The van der Waals surface area contributed by atoms with Crippen LogP contribution in [0.5, 0.6) is 0 Å². The molecule has 0 radical (unpaired) electrons. The van der Waals surface area contributed by atoms with E-state index in [1.165, 1.54) is 6.92 Å². The van der Waals surface area contributed by atoms with Crippen molar-refractivity contribution in [2.45, 2.75) is 11.8 Å². The summed E-state index contributed by atoms with van der Waals surface area (Å²) in [5, 5.41) is 6.02. The number of rotatable bonds is 3. The van der Waals surface area contributed by atoms with Gasteiger partial charge in [-0.05, 0) is 28.9 Å². The van der Waals surface area contributed by atoms with Crippen molar-refractivity contribution in [2.75, 3.05) is 4.72 Å². The Balaban J connectivity index is 2.42. The first-order chi connectivity index (χ1) is 8.81. The normalized spacial score (nSPS) is 11.6. The number of benzene rings is 1. The average Bonchev–Trinajstić information content (AvgIpc) is 2.73. The maximum absolute atomic E-state index is 13.6. The summed E-state index contributed by atoms with van der Waals surface area (Å²) in [6.07, 6.45) is 1.09. The number of hydrogen-bond donors (Lipinski definition) is 2. The SMILES string of the molecule is Cc1[nH]ncc1S(=O)(=O)Nc1cc(F)c(Br)cc1F. The van der Waals surface area contributed by atoms with E-state index >= 15 is 0 Å². The van der Waals surface area contributed by atoms with E-state index in [0.29, 0.717) is 5.69 Å². The Morgan fingerprint density at radius 1 is 1.32 bits per heavy atom. The van der Waals surface area contributed by atoms with E-state index in [9.17, 15) is 17.2 Å². The summed E-state index contributed by atoms with van der Waals surface area (Å²) in [5.74, 6) is -1.67. The molecule has 2 N–H and O–H groups in total. The van der Waals surface area contributed by atoms with Crippen molar-refractivity contribution in [1.82, 2.24) is 10.2 Å². The molecular formula is C10H8BrF2N3O2S. The standard InChI is InChI=1S/C10H8BrF2N3O2S/c1-5-10(4-14-15-5)19(17,18)16-9-3-7(12)6(11)2-8(9)13/h2-4,16H,1H3,(H,14,15). The zero-order chi connectivity index (χ0) is 14.2. The van der Waals surface area contributed by atoms with Crippen molar-refractivity contribution >= 4 is 31.6 Å². The fourth-order valence-electron chi connectivity index (χ4n) is 1.41. The minimum atomic E-state index is -4.02. The molecular weight excluding hydrogens is 344 g/mol. The molecule has 2 aromatic rings. The van der Waals surface area contributed by atoms with Gasteiger partial charge in [0.15, 0.2) is 0 Å². The largest absolute Gasteiger partial charge is 0.281 e. The Bertz CT molecular complexity index is 730. The van der Waals surface area contributed by atoms with Crippen LogP contribution in [0.4, 0.5) is 14.5 Å². The van der Waals surface area contributed by atoms with Crippen molar-refractivity contribution in [3.8, 4) is 0 Å². The van der Waals surface area contributed by atoms with Crippen LogP contribution in [0.3, 0.4) is 0 Å². The van der Waals surface area contributed by atoms with Gasteiger partial charge in [-0.2, -0.15) is 5.10 Å². The number of H-pyrrole nitrogens is 1. The van der Waals surface area contributed by atoms with Crippen molar-refractivity contribution < 1.29 is 17.2 Å². The number of aryl methyl sites for hydroxylation is 1. The van der Waals surface area contributed by atoms with Gasteiger partial charge in [-0.1, -0.05) is 0 Å². The van der Waals surface area contributed by atoms with Crippen molar-refractivity contribution in [2.24, 2.45) is 0 Å². The van der Waals surface area contributed by atoms with E-state index < -0.39 is 27.3 Å². The fraction of sp³-hybridized carbons (Fsp3) is 0.100. The first-order valence-corrected chi connectivity index (χ1v) is 7.26. The van der Waals surface area contributed by atoms with Gasteiger partial charge in [0.2, 0.25) is 0 Å². The molecule has 0 aliphatic carbocycles. The highest BCUT2D eigenvalue weighted by Crippen LogP contribution is 2.25. The van der Waals surface area contributed by atoms with Gasteiger partial charge in [-0.15, -0.1) is 0 Å². The van der Waals surface area contributed by atoms with Gasteiger partial charge in [0.1, 0.15) is 16.5 Å². The summed E-state index contributed by atoms with van der Waals surface area (Å²) in [7, 11) is -4.02. The van der Waals surface area contributed by atoms with Crippen LogP contribution < -0.4 is 4.72 Å². The third kappa shape index (κ3) is 2.76. The second-order valence-electron chi connectivity index (χ2n) is 3.71. The summed E-state index contributed by atoms with van der Waals surface area (Å²) < 4.78 is 52.6. The topological polar surface area (TPSA) is 74.8 Å². The summed E-state index contributed by atoms with van der Waals surface area (Å²) >= 11 is 2.80. The number of sulfonamides is 1. The third-order valence-electron chi connectivity index (χ3n) is 2.33. The smallest absolute Gasteiger partial charge is 0.265 e. The summed E-state index contributed by atoms with van der Waals surface area (Å²) in [6.45, 7) is 1.50. The number of aromatic amines is 1. The quantitative estimate of drug-likeness (QED) is 0.834. The van der Waals surface area contributed by atoms with Crippen LogP contribution in [-0.2, 0) is 10.0 Å². The van der Waals surface area contributed by atoms with E-state index in [-0.39, 0.29) is 9.37 Å². The summed E-state index contributed by atoms with van der Waals surface area (Å²) in [5.41, 5.74) is -0.174. The number of nitrogens with one attached hydrogen (secondary N) is 2. The third-order valence-corrected chi connectivity index (χ3v) is 4.41. The Hall–Kier alpha value is -1.48. The number of aromatic nitrogens is 2. The molecule has 0 aliphatic heterocycles. The molecule has 2 rings (SSSR count). The van der Waals surface area contributed by atoms with Crippen LogP contribution in [-0.4, -0.2) is 18.6 Å². The molecule has 0 fully saturated rings. The summed E-state index contributed by atoms with van der Waals surface area (Å²) in [6, 6.07) is 1.60. The lowest BCUT2D eigenvalue weighted by Crippen LogP contribution is -2.14. The minimum absolute atomic E-state index is 0.0903. The van der Waals surface area contributed by atoms with Gasteiger partial charge < -0.3 is 0 Å². The molecule has 0 saturated heterocycles. The molecule has 1 heterocycles. The van der Waals surface area contributed by atoms with E-state index in [1.807, 2.05) is 4.72 Å².